The van der Waals surface area contributed by atoms with Crippen LogP contribution >= 0.6 is 11.8 Å². The lowest BCUT2D eigenvalue weighted by atomic mass is 10.1. The van der Waals surface area contributed by atoms with E-state index in [0.29, 0.717) is 6.54 Å². The van der Waals surface area contributed by atoms with Crippen LogP contribution in [-0.2, 0) is 0 Å². The molecule has 0 aliphatic carbocycles. The van der Waals surface area contributed by atoms with E-state index in [1.54, 1.807) is 0 Å². The standard InChI is InChI=1S/C15H26N2OS/c1-12(2)18-14-7-5-6-13(10-14)15(11-16)17(3)8-9-19-4/h5-7,10,12,15H,8-9,11,16H2,1-4H3. The topological polar surface area (TPSA) is 38.5 Å². The van der Waals surface area contributed by atoms with E-state index in [-0.39, 0.29) is 12.1 Å². The van der Waals surface area contributed by atoms with Gasteiger partial charge in [-0.2, -0.15) is 11.8 Å². The summed E-state index contributed by atoms with van der Waals surface area (Å²) in [5.74, 6) is 2.04. The van der Waals surface area contributed by atoms with Crippen LogP contribution < -0.4 is 10.5 Å². The Morgan fingerprint density at radius 1 is 1.37 bits per heavy atom. The summed E-state index contributed by atoms with van der Waals surface area (Å²) in [4.78, 5) is 2.31. The Labute approximate surface area is 121 Å². The molecule has 0 aliphatic heterocycles. The van der Waals surface area contributed by atoms with Crippen molar-refractivity contribution in [2.24, 2.45) is 5.73 Å². The molecule has 0 radical (unpaired) electrons. The Bertz CT molecular complexity index is 371. The zero-order chi connectivity index (χ0) is 14.3. The maximum Gasteiger partial charge on any atom is 0.120 e. The molecular weight excluding hydrogens is 256 g/mol. The van der Waals surface area contributed by atoms with Gasteiger partial charge in [-0.3, -0.25) is 4.90 Å². The number of ether oxygens (including phenoxy) is 1. The highest BCUT2D eigenvalue weighted by atomic mass is 32.2. The SMILES string of the molecule is CSCCN(C)C(CN)c1cccc(OC(C)C)c1. The third-order valence-corrected chi connectivity index (χ3v) is 3.61. The van der Waals surface area contributed by atoms with Crippen LogP contribution in [0.5, 0.6) is 5.75 Å². The normalized spacial score (nSPS) is 13.0. The summed E-state index contributed by atoms with van der Waals surface area (Å²) < 4.78 is 5.75. The Balaban J connectivity index is 2.79. The predicted molar refractivity (Wildman–Crippen MR) is 85.0 cm³/mol. The van der Waals surface area contributed by atoms with E-state index in [2.05, 4.69) is 30.3 Å². The van der Waals surface area contributed by atoms with Crippen LogP contribution in [0.2, 0.25) is 0 Å². The Morgan fingerprint density at radius 2 is 2.11 bits per heavy atom. The second-order valence-electron chi connectivity index (χ2n) is 4.96. The van der Waals surface area contributed by atoms with E-state index < -0.39 is 0 Å². The molecule has 0 spiro atoms. The first-order chi connectivity index (χ1) is 9.08. The van der Waals surface area contributed by atoms with Crippen molar-refractivity contribution >= 4 is 11.8 Å². The summed E-state index contributed by atoms with van der Waals surface area (Å²) in [7, 11) is 2.13. The van der Waals surface area contributed by atoms with Crippen LogP contribution in [-0.4, -0.2) is 43.1 Å². The van der Waals surface area contributed by atoms with Crippen molar-refractivity contribution in [1.82, 2.24) is 4.90 Å². The largest absolute Gasteiger partial charge is 0.491 e. The average Bonchev–Trinajstić information content (AvgIpc) is 2.37. The van der Waals surface area contributed by atoms with Gasteiger partial charge < -0.3 is 10.5 Å². The molecule has 0 aromatic heterocycles. The third kappa shape index (κ3) is 5.43. The molecule has 1 aromatic rings. The van der Waals surface area contributed by atoms with Gasteiger partial charge in [-0.05, 0) is 44.8 Å². The second-order valence-corrected chi connectivity index (χ2v) is 5.95. The van der Waals surface area contributed by atoms with Crippen LogP contribution in [0.1, 0.15) is 25.5 Å². The maximum absolute atomic E-state index is 5.94. The number of nitrogens with two attached hydrogens (primary N) is 1. The molecule has 2 N–H and O–H groups in total. The minimum absolute atomic E-state index is 0.195. The Kier molecular flexibility index (Phi) is 7.28. The number of benzene rings is 1. The van der Waals surface area contributed by atoms with Gasteiger partial charge in [0.2, 0.25) is 0 Å². The molecule has 0 saturated carbocycles. The molecule has 1 atom stereocenters. The van der Waals surface area contributed by atoms with Crippen LogP contribution in [0.3, 0.4) is 0 Å². The lowest BCUT2D eigenvalue weighted by Crippen LogP contribution is -2.32. The highest BCUT2D eigenvalue weighted by Crippen LogP contribution is 2.23. The predicted octanol–water partition coefficient (Wildman–Crippen LogP) is 2.77. The minimum Gasteiger partial charge on any atom is -0.491 e. The quantitative estimate of drug-likeness (QED) is 0.796. The van der Waals surface area contributed by atoms with Gasteiger partial charge in [-0.25, -0.2) is 0 Å². The Morgan fingerprint density at radius 3 is 2.68 bits per heavy atom. The smallest absolute Gasteiger partial charge is 0.120 e. The van der Waals surface area contributed by atoms with Crippen LogP contribution in [0.4, 0.5) is 0 Å². The van der Waals surface area contributed by atoms with Crippen molar-refractivity contribution in [1.29, 1.82) is 0 Å². The minimum atomic E-state index is 0.195. The fraction of sp³-hybridized carbons (Fsp3) is 0.600. The number of thioether (sulfide) groups is 1. The summed E-state index contributed by atoms with van der Waals surface area (Å²) in [5, 5.41) is 0. The molecule has 3 nitrogen and oxygen atoms in total. The molecule has 0 fully saturated rings. The number of nitrogens with zero attached hydrogens (tertiary/aromatic N) is 1. The number of likely N-dealkylation sites (N-methyl/N-ethyl adjacent to an activating group) is 1. The summed E-state index contributed by atoms with van der Waals surface area (Å²) in [6.07, 6.45) is 2.32. The number of hydrogen-bond donors (Lipinski definition) is 1. The molecule has 0 aliphatic rings. The summed E-state index contributed by atoms with van der Waals surface area (Å²) in [6.45, 7) is 5.74. The lowest BCUT2D eigenvalue weighted by molar-refractivity contribution is 0.239. The number of rotatable bonds is 8. The monoisotopic (exact) mass is 282 g/mol. The lowest BCUT2D eigenvalue weighted by Gasteiger charge is -2.27. The molecule has 4 heteroatoms. The van der Waals surface area contributed by atoms with Crippen molar-refractivity contribution < 1.29 is 4.74 Å². The molecule has 1 rings (SSSR count). The first-order valence-electron chi connectivity index (χ1n) is 6.74. The molecule has 108 valence electrons. The van der Waals surface area contributed by atoms with E-state index in [4.69, 9.17) is 10.5 Å². The molecule has 1 aromatic carbocycles. The molecule has 0 bridgehead atoms. The maximum atomic E-state index is 5.94. The van der Waals surface area contributed by atoms with Crippen molar-refractivity contribution in [3.8, 4) is 5.75 Å². The van der Waals surface area contributed by atoms with E-state index in [9.17, 15) is 0 Å². The molecule has 0 amide bonds. The van der Waals surface area contributed by atoms with Crippen molar-refractivity contribution in [2.75, 3.05) is 32.1 Å². The van der Waals surface area contributed by atoms with E-state index in [0.717, 1.165) is 18.0 Å². The van der Waals surface area contributed by atoms with Gasteiger partial charge in [-0.15, -0.1) is 0 Å². The fourth-order valence-corrected chi connectivity index (χ4v) is 2.50. The summed E-state index contributed by atoms with van der Waals surface area (Å²) in [5.41, 5.74) is 7.17. The molecule has 0 heterocycles. The van der Waals surface area contributed by atoms with E-state index in [1.165, 1.54) is 5.56 Å². The van der Waals surface area contributed by atoms with Crippen molar-refractivity contribution in [3.05, 3.63) is 29.8 Å². The second kappa shape index (κ2) is 8.46. The zero-order valence-corrected chi connectivity index (χ0v) is 13.2. The van der Waals surface area contributed by atoms with Gasteiger partial charge in [0, 0.05) is 24.9 Å². The van der Waals surface area contributed by atoms with E-state index >= 15 is 0 Å². The third-order valence-electron chi connectivity index (χ3n) is 3.02. The van der Waals surface area contributed by atoms with Gasteiger partial charge in [0.15, 0.2) is 0 Å². The number of hydrogen-bond acceptors (Lipinski definition) is 4. The van der Waals surface area contributed by atoms with E-state index in [1.807, 2.05) is 37.7 Å². The summed E-state index contributed by atoms with van der Waals surface area (Å²) in [6, 6.07) is 8.52. The molecule has 1 unspecified atom stereocenters. The average molecular weight is 282 g/mol. The molecule has 0 saturated heterocycles. The van der Waals surface area contributed by atoms with Gasteiger partial charge in [0.05, 0.1) is 6.10 Å². The van der Waals surface area contributed by atoms with Crippen LogP contribution in [0.15, 0.2) is 24.3 Å². The van der Waals surface area contributed by atoms with Gasteiger partial charge in [-0.1, -0.05) is 12.1 Å². The highest BCUT2D eigenvalue weighted by molar-refractivity contribution is 7.98. The molecule has 19 heavy (non-hydrogen) atoms. The summed E-state index contributed by atoms with van der Waals surface area (Å²) >= 11 is 1.86. The van der Waals surface area contributed by atoms with Crippen LogP contribution in [0.25, 0.3) is 0 Å². The van der Waals surface area contributed by atoms with Gasteiger partial charge in [0.25, 0.3) is 0 Å². The van der Waals surface area contributed by atoms with Gasteiger partial charge >= 0.3 is 0 Å². The Hall–Kier alpha value is -0.710. The van der Waals surface area contributed by atoms with Crippen molar-refractivity contribution in [3.63, 3.8) is 0 Å². The van der Waals surface area contributed by atoms with Gasteiger partial charge in [0.1, 0.15) is 5.75 Å². The molecular formula is C15H26N2OS. The highest BCUT2D eigenvalue weighted by Gasteiger charge is 2.15. The zero-order valence-electron chi connectivity index (χ0n) is 12.4. The van der Waals surface area contributed by atoms with Crippen molar-refractivity contribution in [2.45, 2.75) is 26.0 Å². The fourth-order valence-electron chi connectivity index (χ4n) is 2.03. The first kappa shape index (κ1) is 16.3. The van der Waals surface area contributed by atoms with Crippen LogP contribution in [0, 0.1) is 0 Å². The first-order valence-corrected chi connectivity index (χ1v) is 8.13.